The van der Waals surface area contributed by atoms with E-state index in [2.05, 4.69) is 269 Å². The third-order valence-electron chi connectivity index (χ3n) is 15.1. The zero-order valence-electron chi connectivity index (χ0n) is 38.5. The van der Waals surface area contributed by atoms with Gasteiger partial charge in [0.1, 0.15) is 0 Å². The molecule has 13 rings (SSSR count). The Morgan fingerprint density at radius 2 is 0.912 bits per heavy atom. The van der Waals surface area contributed by atoms with Gasteiger partial charge in [-0.05, 0) is 123 Å². The molecule has 1 radical (unpaired) electrons. The quantitative estimate of drug-likeness (QED) is 0.168. The van der Waals surface area contributed by atoms with Crippen LogP contribution in [0.15, 0.2) is 231 Å². The lowest BCUT2D eigenvalue weighted by atomic mass is 9.54. The second-order valence-electron chi connectivity index (χ2n) is 18.8. The van der Waals surface area contributed by atoms with E-state index in [9.17, 15) is 0 Å². The fourth-order valence-corrected chi connectivity index (χ4v) is 12.6. The van der Waals surface area contributed by atoms with Crippen molar-refractivity contribution in [3.05, 3.63) is 292 Å². The molecule has 3 heteroatoms. The van der Waals surface area contributed by atoms with Crippen molar-refractivity contribution in [1.82, 2.24) is 0 Å². The number of anilines is 5. The molecule has 0 spiro atoms. The standard InChI is InChI=1S/C65H48BN2/c1-42-38-43(2)60(44(3)39-42)45-40-51(50-30-20-33-54-62(50)67-57-36-18-16-31-52(57)64(54,46-22-8-4-9-23-46)47-24-10-5-11-25-47)61-59(41-45)68-58-37-19-17-32-53(58)65(48-26-12-6-13-27-48,49-28-14-7-15-29-49)55-34-21-35-56(66-61)63(55)68/h4-41,67H,1-3H3. The molecule has 68 heavy (non-hydrogen) atoms. The molecule has 10 aromatic rings. The van der Waals surface area contributed by atoms with Crippen molar-refractivity contribution in [3.63, 3.8) is 0 Å². The first-order chi connectivity index (χ1) is 33.5. The maximum Gasteiger partial charge on any atom is 0.197 e. The summed E-state index contributed by atoms with van der Waals surface area (Å²) in [6, 6.07) is 86.1. The number of hydrogen-bond acceptors (Lipinski definition) is 2. The second kappa shape index (κ2) is 15.5. The Labute approximate surface area is 400 Å². The van der Waals surface area contributed by atoms with E-state index in [-0.39, 0.29) is 0 Å². The van der Waals surface area contributed by atoms with Crippen molar-refractivity contribution >= 4 is 46.6 Å². The topological polar surface area (TPSA) is 15.3 Å². The fourth-order valence-electron chi connectivity index (χ4n) is 12.6. The lowest BCUT2D eigenvalue weighted by molar-refractivity contribution is 0.732. The summed E-state index contributed by atoms with van der Waals surface area (Å²) in [5.74, 6) is 0. The number of para-hydroxylation sites is 4. The summed E-state index contributed by atoms with van der Waals surface area (Å²) < 4.78 is 0. The van der Waals surface area contributed by atoms with Crippen LogP contribution in [0.3, 0.4) is 0 Å². The fraction of sp³-hybridized carbons (Fsp3) is 0.0769. The Hall–Kier alpha value is -8.14. The zero-order valence-corrected chi connectivity index (χ0v) is 38.5. The number of benzene rings is 10. The Kier molecular flexibility index (Phi) is 9.14. The maximum atomic E-state index is 4.10. The van der Waals surface area contributed by atoms with Crippen LogP contribution in [0.1, 0.15) is 61.2 Å². The van der Waals surface area contributed by atoms with Gasteiger partial charge in [-0.15, -0.1) is 0 Å². The Bertz CT molecular complexity index is 3500. The van der Waals surface area contributed by atoms with Crippen LogP contribution >= 0.6 is 0 Å². The monoisotopic (exact) mass is 867 g/mol. The van der Waals surface area contributed by atoms with E-state index in [1.165, 1.54) is 106 Å². The van der Waals surface area contributed by atoms with Crippen LogP contribution < -0.4 is 21.1 Å². The van der Waals surface area contributed by atoms with Crippen LogP contribution in [-0.4, -0.2) is 7.28 Å². The molecule has 321 valence electrons. The smallest absolute Gasteiger partial charge is 0.197 e. The highest BCUT2D eigenvalue weighted by molar-refractivity contribution is 6.73. The van der Waals surface area contributed by atoms with Gasteiger partial charge in [-0.25, -0.2) is 0 Å². The van der Waals surface area contributed by atoms with Crippen LogP contribution in [0.4, 0.5) is 28.4 Å². The number of nitrogens with one attached hydrogen (secondary N) is 1. The number of fused-ring (bicyclic) bond motifs is 6. The molecule has 0 atom stereocenters. The highest BCUT2D eigenvalue weighted by atomic mass is 15.2. The van der Waals surface area contributed by atoms with Crippen molar-refractivity contribution < 1.29 is 0 Å². The van der Waals surface area contributed by atoms with Gasteiger partial charge in [0, 0.05) is 22.6 Å². The highest BCUT2D eigenvalue weighted by Gasteiger charge is 2.49. The molecule has 0 aromatic heterocycles. The Balaban J connectivity index is 1.14. The van der Waals surface area contributed by atoms with E-state index >= 15 is 0 Å². The number of nitrogens with zero attached hydrogens (tertiary/aromatic N) is 1. The molecule has 3 aliphatic heterocycles. The van der Waals surface area contributed by atoms with Crippen molar-refractivity contribution in [3.8, 4) is 22.3 Å². The van der Waals surface area contributed by atoms with E-state index in [0.717, 1.165) is 16.9 Å². The van der Waals surface area contributed by atoms with Crippen molar-refractivity contribution in [1.29, 1.82) is 0 Å². The van der Waals surface area contributed by atoms with E-state index in [0.29, 0.717) is 0 Å². The van der Waals surface area contributed by atoms with Crippen LogP contribution in [-0.2, 0) is 10.8 Å². The summed E-state index contributed by atoms with van der Waals surface area (Å²) >= 11 is 0. The van der Waals surface area contributed by atoms with Gasteiger partial charge < -0.3 is 10.2 Å². The van der Waals surface area contributed by atoms with Crippen LogP contribution in [0, 0.1) is 20.8 Å². The van der Waals surface area contributed by atoms with E-state index in [4.69, 9.17) is 0 Å². The van der Waals surface area contributed by atoms with Crippen LogP contribution in [0.25, 0.3) is 22.3 Å². The number of aryl methyl sites for hydroxylation is 3. The first-order valence-electron chi connectivity index (χ1n) is 23.8. The molecule has 0 bridgehead atoms. The molecular formula is C65H48BN2. The average molecular weight is 868 g/mol. The normalized spacial score (nSPS) is 14.2. The lowest BCUT2D eigenvalue weighted by Gasteiger charge is -2.49. The summed E-state index contributed by atoms with van der Waals surface area (Å²) in [4.78, 5) is 2.60. The van der Waals surface area contributed by atoms with Crippen molar-refractivity contribution in [2.75, 3.05) is 10.2 Å². The predicted octanol–water partition coefficient (Wildman–Crippen LogP) is 14.5. The third kappa shape index (κ3) is 5.66. The maximum absolute atomic E-state index is 4.10. The third-order valence-corrected chi connectivity index (χ3v) is 15.1. The van der Waals surface area contributed by atoms with E-state index in [1.807, 2.05) is 0 Å². The molecule has 3 aliphatic rings. The minimum Gasteiger partial charge on any atom is -0.354 e. The SMILES string of the molecule is Cc1cc(C)c(-c2cc(-c3cccc4c3Nc3ccccc3C4(c3ccccc3)c3ccccc3)c3c(c2)N2c4ccccc4C(c4ccccc4)(c4ccccc4)c4cccc(c42)[B]3)c(C)c1. The number of hydrogen-bond donors (Lipinski definition) is 1. The largest absolute Gasteiger partial charge is 0.354 e. The lowest BCUT2D eigenvalue weighted by Crippen LogP contribution is -2.47. The molecule has 0 saturated carbocycles. The zero-order chi connectivity index (χ0) is 45.6. The van der Waals surface area contributed by atoms with Crippen molar-refractivity contribution in [2.45, 2.75) is 31.6 Å². The van der Waals surface area contributed by atoms with Gasteiger partial charge in [-0.3, -0.25) is 0 Å². The first-order valence-corrected chi connectivity index (χ1v) is 23.8. The first kappa shape index (κ1) is 40.2. The van der Waals surface area contributed by atoms with Gasteiger partial charge in [0.2, 0.25) is 0 Å². The van der Waals surface area contributed by atoms with Gasteiger partial charge in [-0.2, -0.15) is 0 Å². The summed E-state index contributed by atoms with van der Waals surface area (Å²) in [5.41, 5.74) is 25.7. The Morgan fingerprint density at radius 3 is 1.53 bits per heavy atom. The molecular weight excluding hydrogens is 820 g/mol. The van der Waals surface area contributed by atoms with E-state index < -0.39 is 10.8 Å². The highest BCUT2D eigenvalue weighted by Crippen LogP contribution is 2.59. The van der Waals surface area contributed by atoms with Gasteiger partial charge in [0.05, 0.1) is 22.2 Å². The molecule has 0 aliphatic carbocycles. The molecule has 2 nitrogen and oxygen atoms in total. The van der Waals surface area contributed by atoms with Crippen LogP contribution in [0.2, 0.25) is 0 Å². The molecule has 10 aromatic carbocycles. The van der Waals surface area contributed by atoms with Crippen LogP contribution in [0.5, 0.6) is 0 Å². The molecule has 0 amide bonds. The Morgan fingerprint density at radius 1 is 0.412 bits per heavy atom. The van der Waals surface area contributed by atoms with Gasteiger partial charge in [0.25, 0.3) is 0 Å². The summed E-state index contributed by atoms with van der Waals surface area (Å²) in [6.45, 7) is 6.75. The number of rotatable bonds is 6. The molecule has 3 heterocycles. The predicted molar refractivity (Wildman–Crippen MR) is 285 cm³/mol. The summed E-state index contributed by atoms with van der Waals surface area (Å²) in [6.07, 6.45) is 0. The minimum absolute atomic E-state index is 0.565. The van der Waals surface area contributed by atoms with Gasteiger partial charge >= 0.3 is 0 Å². The molecule has 0 fully saturated rings. The molecule has 0 unspecified atom stereocenters. The summed E-state index contributed by atoms with van der Waals surface area (Å²) in [5, 5.41) is 4.10. The van der Waals surface area contributed by atoms with Gasteiger partial charge in [0.15, 0.2) is 7.28 Å². The summed E-state index contributed by atoms with van der Waals surface area (Å²) in [7, 11) is 2.48. The van der Waals surface area contributed by atoms with Crippen molar-refractivity contribution in [2.24, 2.45) is 0 Å². The van der Waals surface area contributed by atoms with E-state index in [1.54, 1.807) is 0 Å². The minimum atomic E-state index is -0.591. The molecule has 0 saturated heterocycles. The molecule has 1 N–H and O–H groups in total. The second-order valence-corrected chi connectivity index (χ2v) is 18.8. The van der Waals surface area contributed by atoms with Gasteiger partial charge in [-0.1, -0.05) is 217 Å². The average Bonchev–Trinajstić information content (AvgIpc) is 3.38.